The molecule has 1 unspecified atom stereocenters. The number of carbonyl (C=O) groups is 2. The number of fused-ring (bicyclic) bond motifs is 2. The van der Waals surface area contributed by atoms with Gasteiger partial charge in [0.25, 0.3) is 0 Å². The zero-order valence-electron chi connectivity index (χ0n) is 14.7. The van der Waals surface area contributed by atoms with Gasteiger partial charge < -0.3 is 11.1 Å². The maximum atomic E-state index is 12.6. The highest BCUT2D eigenvalue weighted by Crippen LogP contribution is 2.26. The second-order valence-corrected chi connectivity index (χ2v) is 7.18. The van der Waals surface area contributed by atoms with Gasteiger partial charge in [-0.05, 0) is 60.1 Å². The number of benzene rings is 2. The summed E-state index contributed by atoms with van der Waals surface area (Å²) in [5, 5.41) is 2.97. The fraction of sp³-hybridized carbons (Fsp3) is 0.333. The molecule has 1 aliphatic carbocycles. The number of rotatable bonds is 4. The van der Waals surface area contributed by atoms with E-state index in [-0.39, 0.29) is 18.4 Å². The molecule has 134 valence electrons. The lowest BCUT2D eigenvalue weighted by Gasteiger charge is -2.34. The molecule has 1 atom stereocenters. The number of hydrogen-bond donors (Lipinski definition) is 2. The molecule has 26 heavy (non-hydrogen) atoms. The van der Waals surface area contributed by atoms with Crippen molar-refractivity contribution < 1.29 is 9.59 Å². The third-order valence-electron chi connectivity index (χ3n) is 5.40. The van der Waals surface area contributed by atoms with Gasteiger partial charge in [-0.3, -0.25) is 14.5 Å². The number of carbonyl (C=O) groups excluding carboxylic acids is 2. The predicted molar refractivity (Wildman–Crippen MR) is 101 cm³/mol. The van der Waals surface area contributed by atoms with Gasteiger partial charge in [-0.1, -0.05) is 30.3 Å². The van der Waals surface area contributed by atoms with Crippen LogP contribution in [-0.4, -0.2) is 29.3 Å². The largest absolute Gasteiger partial charge is 0.368 e. The van der Waals surface area contributed by atoms with E-state index in [4.69, 9.17) is 5.73 Å². The van der Waals surface area contributed by atoms with E-state index in [0.29, 0.717) is 13.0 Å². The Labute approximate surface area is 153 Å². The van der Waals surface area contributed by atoms with Gasteiger partial charge in [-0.2, -0.15) is 0 Å². The highest BCUT2D eigenvalue weighted by molar-refractivity contribution is 5.93. The van der Waals surface area contributed by atoms with Crippen molar-refractivity contribution in [2.24, 2.45) is 5.73 Å². The minimum Gasteiger partial charge on any atom is -0.368 e. The summed E-state index contributed by atoms with van der Waals surface area (Å²) in [5.74, 6) is -0.501. The van der Waals surface area contributed by atoms with Crippen molar-refractivity contribution in [2.75, 3.05) is 11.9 Å². The summed E-state index contributed by atoms with van der Waals surface area (Å²) >= 11 is 0. The highest BCUT2D eigenvalue weighted by atomic mass is 16.2. The molecule has 1 heterocycles. The van der Waals surface area contributed by atoms with Crippen molar-refractivity contribution in [3.05, 3.63) is 64.7 Å². The molecule has 0 saturated carbocycles. The van der Waals surface area contributed by atoms with Crippen LogP contribution in [0.25, 0.3) is 0 Å². The topological polar surface area (TPSA) is 75.4 Å². The minimum absolute atomic E-state index is 0.117. The summed E-state index contributed by atoms with van der Waals surface area (Å²) in [4.78, 5) is 26.3. The molecule has 4 rings (SSSR count). The molecule has 2 aliphatic rings. The molecule has 0 spiro atoms. The lowest BCUT2D eigenvalue weighted by atomic mass is 9.93. The summed E-state index contributed by atoms with van der Waals surface area (Å²) in [6.45, 7) is 0.709. The van der Waals surface area contributed by atoms with Gasteiger partial charge in [-0.15, -0.1) is 0 Å². The van der Waals surface area contributed by atoms with Gasteiger partial charge >= 0.3 is 0 Å². The highest BCUT2D eigenvalue weighted by Gasteiger charge is 2.31. The number of hydrogen-bond acceptors (Lipinski definition) is 3. The smallest absolute Gasteiger partial charge is 0.238 e. The van der Waals surface area contributed by atoms with Crippen LogP contribution in [-0.2, 0) is 35.4 Å². The molecule has 5 nitrogen and oxygen atoms in total. The van der Waals surface area contributed by atoms with Crippen LogP contribution in [0.3, 0.4) is 0 Å². The van der Waals surface area contributed by atoms with E-state index < -0.39 is 6.04 Å². The van der Waals surface area contributed by atoms with Crippen molar-refractivity contribution in [3.63, 3.8) is 0 Å². The van der Waals surface area contributed by atoms with Crippen molar-refractivity contribution in [1.82, 2.24) is 4.90 Å². The van der Waals surface area contributed by atoms with E-state index in [9.17, 15) is 9.59 Å². The quantitative estimate of drug-likeness (QED) is 0.887. The van der Waals surface area contributed by atoms with E-state index in [1.165, 1.54) is 17.5 Å². The minimum atomic E-state index is -0.448. The summed E-state index contributed by atoms with van der Waals surface area (Å²) in [6.07, 6.45) is 3.93. The number of nitrogens with zero attached hydrogens (tertiary/aromatic N) is 1. The number of nitrogens with one attached hydrogen (secondary N) is 1. The van der Waals surface area contributed by atoms with Crippen LogP contribution in [0.15, 0.2) is 42.5 Å². The number of primary amides is 1. The first-order valence-electron chi connectivity index (χ1n) is 9.12. The Kier molecular flexibility index (Phi) is 4.47. The van der Waals surface area contributed by atoms with Crippen molar-refractivity contribution in [3.8, 4) is 0 Å². The molecule has 5 heteroatoms. The number of aryl methyl sites for hydroxylation is 2. The Morgan fingerprint density at radius 2 is 1.81 bits per heavy atom. The first kappa shape index (κ1) is 16.8. The normalized spacial score (nSPS) is 18.8. The molecule has 0 radical (unpaired) electrons. The van der Waals surface area contributed by atoms with Crippen molar-refractivity contribution >= 4 is 17.5 Å². The molecule has 2 aromatic carbocycles. The lowest BCUT2D eigenvalue weighted by Crippen LogP contribution is -2.50. The molecule has 1 aliphatic heterocycles. The molecular formula is C21H23N3O2. The second-order valence-electron chi connectivity index (χ2n) is 7.18. The Hall–Kier alpha value is -2.66. The summed E-state index contributed by atoms with van der Waals surface area (Å²) in [7, 11) is 0. The van der Waals surface area contributed by atoms with E-state index in [2.05, 4.69) is 17.4 Å². The average Bonchev–Trinajstić information content (AvgIpc) is 3.08. The molecule has 2 aromatic rings. The van der Waals surface area contributed by atoms with E-state index >= 15 is 0 Å². The molecule has 0 saturated heterocycles. The number of anilines is 1. The third-order valence-corrected chi connectivity index (χ3v) is 5.40. The van der Waals surface area contributed by atoms with Crippen LogP contribution in [0, 0.1) is 0 Å². The Bertz CT molecular complexity index is 862. The first-order chi connectivity index (χ1) is 12.6. The number of amides is 2. The van der Waals surface area contributed by atoms with Crippen molar-refractivity contribution in [2.45, 2.75) is 38.3 Å². The van der Waals surface area contributed by atoms with Gasteiger partial charge in [0, 0.05) is 12.2 Å². The summed E-state index contributed by atoms with van der Waals surface area (Å²) < 4.78 is 0. The van der Waals surface area contributed by atoms with Crippen LogP contribution in [0.4, 0.5) is 5.69 Å². The Morgan fingerprint density at radius 1 is 1.04 bits per heavy atom. The Balaban J connectivity index is 1.46. The predicted octanol–water partition coefficient (Wildman–Crippen LogP) is 2.03. The van der Waals surface area contributed by atoms with Gasteiger partial charge in [-0.25, -0.2) is 0 Å². The summed E-state index contributed by atoms with van der Waals surface area (Å²) in [5.41, 5.74) is 11.4. The zero-order valence-corrected chi connectivity index (χ0v) is 14.7. The van der Waals surface area contributed by atoms with Crippen LogP contribution in [0.2, 0.25) is 0 Å². The van der Waals surface area contributed by atoms with Crippen LogP contribution >= 0.6 is 0 Å². The zero-order chi connectivity index (χ0) is 18.1. The van der Waals surface area contributed by atoms with Crippen LogP contribution < -0.4 is 11.1 Å². The van der Waals surface area contributed by atoms with Gasteiger partial charge in [0.05, 0.1) is 12.6 Å². The molecule has 3 N–H and O–H groups in total. The first-order valence-corrected chi connectivity index (χ1v) is 9.12. The summed E-state index contributed by atoms with van der Waals surface area (Å²) in [6, 6.07) is 13.7. The van der Waals surface area contributed by atoms with E-state index in [0.717, 1.165) is 29.7 Å². The van der Waals surface area contributed by atoms with Crippen LogP contribution in [0.1, 0.15) is 28.7 Å². The third kappa shape index (κ3) is 3.35. The number of nitrogens with two attached hydrogens (primary N) is 1. The van der Waals surface area contributed by atoms with Crippen LogP contribution in [0.5, 0.6) is 0 Å². The second kappa shape index (κ2) is 6.92. The van der Waals surface area contributed by atoms with Gasteiger partial charge in [0.15, 0.2) is 0 Å². The SMILES string of the molecule is NC(=O)C1Cc2ccccc2CN1CC(=O)Nc1ccc2c(c1)CCC2. The Morgan fingerprint density at radius 3 is 2.62 bits per heavy atom. The molecule has 0 bridgehead atoms. The van der Waals surface area contributed by atoms with E-state index in [1.807, 2.05) is 35.2 Å². The van der Waals surface area contributed by atoms with E-state index in [1.54, 1.807) is 0 Å². The fourth-order valence-electron chi connectivity index (χ4n) is 4.06. The standard InChI is InChI=1S/C21H23N3O2/c22-21(26)19-11-16-4-1-2-5-17(16)12-24(19)13-20(25)23-18-9-8-14-6-3-7-15(14)10-18/h1-2,4-5,8-10,19H,3,6-7,11-13H2,(H2,22,26)(H,23,25). The maximum Gasteiger partial charge on any atom is 0.238 e. The monoisotopic (exact) mass is 349 g/mol. The molecule has 0 aromatic heterocycles. The average molecular weight is 349 g/mol. The lowest BCUT2D eigenvalue weighted by molar-refractivity contribution is -0.125. The van der Waals surface area contributed by atoms with Gasteiger partial charge in [0.2, 0.25) is 11.8 Å². The molecular weight excluding hydrogens is 326 g/mol. The molecule has 0 fully saturated rings. The fourth-order valence-corrected chi connectivity index (χ4v) is 4.06. The van der Waals surface area contributed by atoms with Crippen molar-refractivity contribution in [1.29, 1.82) is 0 Å². The molecule has 2 amide bonds. The van der Waals surface area contributed by atoms with Gasteiger partial charge in [0.1, 0.15) is 0 Å². The maximum absolute atomic E-state index is 12.6.